The molecule has 0 amide bonds. The van der Waals surface area contributed by atoms with E-state index in [0.717, 1.165) is 30.1 Å². The molecule has 0 N–H and O–H groups in total. The van der Waals surface area contributed by atoms with E-state index in [4.69, 9.17) is 0 Å². The lowest BCUT2D eigenvalue weighted by Crippen LogP contribution is -2.09. The molecular formula is C12H12F3N3. The number of rotatable bonds is 2. The highest BCUT2D eigenvalue weighted by molar-refractivity contribution is 5.34. The molecule has 0 aromatic carbocycles. The second-order valence-corrected chi connectivity index (χ2v) is 3.94. The van der Waals surface area contributed by atoms with Gasteiger partial charge in [-0.05, 0) is 31.5 Å². The Morgan fingerprint density at radius 1 is 1.28 bits per heavy atom. The monoisotopic (exact) mass is 255 g/mol. The van der Waals surface area contributed by atoms with Gasteiger partial charge in [0, 0.05) is 11.9 Å². The zero-order valence-electron chi connectivity index (χ0n) is 9.99. The summed E-state index contributed by atoms with van der Waals surface area (Å²) in [6, 6.07) is 4.36. The maximum absolute atomic E-state index is 12.6. The normalized spacial score (nSPS) is 11.8. The molecule has 0 atom stereocenters. The highest BCUT2D eigenvalue weighted by atomic mass is 19.4. The van der Waals surface area contributed by atoms with Gasteiger partial charge in [0.05, 0.1) is 11.4 Å². The van der Waals surface area contributed by atoms with Crippen molar-refractivity contribution in [1.29, 1.82) is 0 Å². The largest absolute Gasteiger partial charge is 0.433 e. The van der Waals surface area contributed by atoms with E-state index in [-0.39, 0.29) is 0 Å². The van der Waals surface area contributed by atoms with Crippen LogP contribution < -0.4 is 0 Å². The molecule has 2 aromatic rings. The molecule has 0 radical (unpaired) electrons. The summed E-state index contributed by atoms with van der Waals surface area (Å²) in [6.45, 7) is 3.75. The van der Waals surface area contributed by atoms with E-state index in [1.807, 2.05) is 13.0 Å². The summed E-state index contributed by atoms with van der Waals surface area (Å²) in [6.07, 6.45) is -2.55. The van der Waals surface area contributed by atoms with E-state index in [9.17, 15) is 13.2 Å². The predicted molar refractivity (Wildman–Crippen MR) is 60.5 cm³/mol. The van der Waals surface area contributed by atoms with E-state index < -0.39 is 11.9 Å². The molecule has 0 aliphatic heterocycles. The van der Waals surface area contributed by atoms with E-state index in [2.05, 4.69) is 10.1 Å². The first-order valence-corrected chi connectivity index (χ1v) is 5.51. The lowest BCUT2D eigenvalue weighted by atomic mass is 10.3. The zero-order valence-corrected chi connectivity index (χ0v) is 9.99. The lowest BCUT2D eigenvalue weighted by Gasteiger charge is -2.08. The molecule has 0 aliphatic rings. The van der Waals surface area contributed by atoms with Crippen LogP contribution in [0.25, 0.3) is 5.69 Å². The molecule has 0 saturated carbocycles. The molecule has 2 heterocycles. The Morgan fingerprint density at radius 2 is 2.00 bits per heavy atom. The third-order valence-electron chi connectivity index (χ3n) is 2.58. The molecule has 18 heavy (non-hydrogen) atoms. The van der Waals surface area contributed by atoms with Crippen LogP contribution >= 0.6 is 0 Å². The third-order valence-corrected chi connectivity index (χ3v) is 2.58. The van der Waals surface area contributed by atoms with E-state index in [1.165, 1.54) is 10.7 Å². The van der Waals surface area contributed by atoms with Crippen LogP contribution in [0.3, 0.4) is 0 Å². The van der Waals surface area contributed by atoms with Crippen LogP contribution in [0, 0.1) is 6.92 Å². The quantitative estimate of drug-likeness (QED) is 0.825. The first kappa shape index (κ1) is 12.6. The van der Waals surface area contributed by atoms with Gasteiger partial charge in [0.2, 0.25) is 0 Å². The molecule has 0 unspecified atom stereocenters. The van der Waals surface area contributed by atoms with Crippen LogP contribution in [0.15, 0.2) is 24.4 Å². The van der Waals surface area contributed by atoms with Gasteiger partial charge in [0.15, 0.2) is 0 Å². The van der Waals surface area contributed by atoms with Gasteiger partial charge in [-0.2, -0.15) is 18.3 Å². The number of hydrogen-bond acceptors (Lipinski definition) is 2. The zero-order chi connectivity index (χ0) is 13.3. The summed E-state index contributed by atoms with van der Waals surface area (Å²) < 4.78 is 39.2. The molecule has 0 saturated heterocycles. The SMILES string of the molecule is CCc1cc(C)n(-c2ccnc(C(F)(F)F)c2)n1. The van der Waals surface area contributed by atoms with Crippen molar-refractivity contribution in [3.05, 3.63) is 41.5 Å². The highest BCUT2D eigenvalue weighted by Crippen LogP contribution is 2.28. The summed E-state index contributed by atoms with van der Waals surface area (Å²) in [7, 11) is 0. The first-order chi connectivity index (χ1) is 8.41. The fourth-order valence-electron chi connectivity index (χ4n) is 1.68. The topological polar surface area (TPSA) is 30.7 Å². The average molecular weight is 255 g/mol. The van der Waals surface area contributed by atoms with Crippen LogP contribution in [0.2, 0.25) is 0 Å². The standard InChI is InChI=1S/C12H12F3N3/c1-3-9-6-8(2)18(17-9)10-4-5-16-11(7-10)12(13,14)15/h4-7H,3H2,1-2H3. The van der Waals surface area contributed by atoms with Crippen LogP contribution in [-0.4, -0.2) is 14.8 Å². The fourth-order valence-corrected chi connectivity index (χ4v) is 1.68. The third kappa shape index (κ3) is 2.37. The maximum atomic E-state index is 12.6. The predicted octanol–water partition coefficient (Wildman–Crippen LogP) is 3.16. The van der Waals surface area contributed by atoms with Gasteiger partial charge in [-0.15, -0.1) is 0 Å². The van der Waals surface area contributed by atoms with Gasteiger partial charge in [-0.25, -0.2) is 4.68 Å². The second-order valence-electron chi connectivity index (χ2n) is 3.94. The van der Waals surface area contributed by atoms with Gasteiger partial charge in [0.25, 0.3) is 0 Å². The van der Waals surface area contributed by atoms with Crippen molar-refractivity contribution >= 4 is 0 Å². The number of nitrogens with zero attached hydrogens (tertiary/aromatic N) is 3. The van der Waals surface area contributed by atoms with Crippen LogP contribution in [0.1, 0.15) is 24.0 Å². The van der Waals surface area contributed by atoms with E-state index in [1.54, 1.807) is 6.92 Å². The van der Waals surface area contributed by atoms with Crippen molar-refractivity contribution in [2.24, 2.45) is 0 Å². The average Bonchev–Trinajstić information content (AvgIpc) is 2.70. The van der Waals surface area contributed by atoms with Crippen molar-refractivity contribution in [2.75, 3.05) is 0 Å². The molecule has 6 heteroatoms. The molecule has 2 aromatic heterocycles. The number of alkyl halides is 3. The minimum atomic E-state index is -4.44. The fraction of sp³-hybridized carbons (Fsp3) is 0.333. The van der Waals surface area contributed by atoms with Gasteiger partial charge in [0.1, 0.15) is 5.69 Å². The number of aryl methyl sites for hydroxylation is 2. The molecule has 0 aliphatic carbocycles. The minimum absolute atomic E-state index is 0.370. The number of hydrogen-bond donors (Lipinski definition) is 0. The highest BCUT2D eigenvalue weighted by Gasteiger charge is 2.32. The lowest BCUT2D eigenvalue weighted by molar-refractivity contribution is -0.141. The summed E-state index contributed by atoms with van der Waals surface area (Å²) in [4.78, 5) is 3.33. The second kappa shape index (κ2) is 4.44. The van der Waals surface area contributed by atoms with Crippen molar-refractivity contribution in [1.82, 2.24) is 14.8 Å². The Morgan fingerprint density at radius 3 is 2.56 bits per heavy atom. The molecule has 0 fully saturated rings. The number of pyridine rings is 1. The molecule has 2 rings (SSSR count). The summed E-state index contributed by atoms with van der Waals surface area (Å²) in [5.74, 6) is 0. The van der Waals surface area contributed by atoms with Gasteiger partial charge in [-0.1, -0.05) is 6.92 Å². The van der Waals surface area contributed by atoms with Gasteiger partial charge in [-0.3, -0.25) is 4.98 Å². The van der Waals surface area contributed by atoms with Crippen molar-refractivity contribution < 1.29 is 13.2 Å². The Hall–Kier alpha value is -1.85. The van der Waals surface area contributed by atoms with Crippen LogP contribution in [0.5, 0.6) is 0 Å². The Labute approximate surface area is 102 Å². The van der Waals surface area contributed by atoms with E-state index >= 15 is 0 Å². The van der Waals surface area contributed by atoms with Gasteiger partial charge >= 0.3 is 6.18 Å². The summed E-state index contributed by atoms with van der Waals surface area (Å²) >= 11 is 0. The molecule has 96 valence electrons. The Bertz CT molecular complexity index is 558. The first-order valence-electron chi connectivity index (χ1n) is 5.51. The molecule has 3 nitrogen and oxygen atoms in total. The Balaban J connectivity index is 2.47. The number of aromatic nitrogens is 3. The molecule has 0 spiro atoms. The summed E-state index contributed by atoms with van der Waals surface area (Å²) in [5.41, 5.74) is 1.10. The van der Waals surface area contributed by atoms with Crippen LogP contribution in [-0.2, 0) is 12.6 Å². The van der Waals surface area contributed by atoms with E-state index in [0.29, 0.717) is 5.69 Å². The summed E-state index contributed by atoms with van der Waals surface area (Å²) in [5, 5.41) is 4.24. The van der Waals surface area contributed by atoms with Crippen molar-refractivity contribution in [3.8, 4) is 5.69 Å². The molecule has 0 bridgehead atoms. The van der Waals surface area contributed by atoms with Crippen molar-refractivity contribution in [3.63, 3.8) is 0 Å². The Kier molecular flexibility index (Phi) is 3.11. The smallest absolute Gasteiger partial charge is 0.252 e. The van der Waals surface area contributed by atoms with Crippen molar-refractivity contribution in [2.45, 2.75) is 26.4 Å². The number of halogens is 3. The maximum Gasteiger partial charge on any atom is 0.433 e. The minimum Gasteiger partial charge on any atom is -0.252 e. The molecular weight excluding hydrogens is 243 g/mol. The van der Waals surface area contributed by atoms with Gasteiger partial charge < -0.3 is 0 Å². The van der Waals surface area contributed by atoms with Crippen LogP contribution in [0.4, 0.5) is 13.2 Å².